The van der Waals surface area contributed by atoms with Gasteiger partial charge in [0.25, 0.3) is 0 Å². The summed E-state index contributed by atoms with van der Waals surface area (Å²) in [5.74, 6) is 2.05. The van der Waals surface area contributed by atoms with E-state index in [-0.39, 0.29) is 17.8 Å². The second kappa shape index (κ2) is 10.2. The van der Waals surface area contributed by atoms with Crippen LogP contribution in [0.3, 0.4) is 0 Å². The molecule has 194 valence electrons. The first-order valence-electron chi connectivity index (χ1n) is 12.8. The molecule has 37 heavy (non-hydrogen) atoms. The number of aromatic nitrogens is 1. The van der Waals surface area contributed by atoms with Crippen LogP contribution in [0, 0.1) is 24.7 Å². The molecule has 0 spiro atoms. The molecule has 0 bridgehead atoms. The smallest absolute Gasteiger partial charge is 0.307 e. The highest BCUT2D eigenvalue weighted by Gasteiger charge is 2.60. The minimum Gasteiger partial charge on any atom is -0.488 e. The first-order valence-corrected chi connectivity index (χ1v) is 15.1. The summed E-state index contributed by atoms with van der Waals surface area (Å²) in [6.07, 6.45) is 0. The molecule has 6 rings (SSSR count). The van der Waals surface area contributed by atoms with E-state index in [1.165, 1.54) is 11.1 Å². The Labute approximate surface area is 223 Å². The highest BCUT2D eigenvalue weighted by Crippen LogP contribution is 2.53. The summed E-state index contributed by atoms with van der Waals surface area (Å²) in [4.78, 5) is 20.8. The number of hydrogen-bond acceptors (Lipinski definition) is 7. The van der Waals surface area contributed by atoms with Gasteiger partial charge in [0.2, 0.25) is 0 Å². The van der Waals surface area contributed by atoms with Crippen LogP contribution in [0.25, 0.3) is 11.3 Å². The summed E-state index contributed by atoms with van der Waals surface area (Å²) < 4.78 is 17.9. The molecule has 2 saturated heterocycles. The van der Waals surface area contributed by atoms with E-state index in [0.717, 1.165) is 71.9 Å². The second-order valence-electron chi connectivity index (χ2n) is 10.3. The van der Waals surface area contributed by atoms with Crippen LogP contribution in [0.2, 0.25) is 0 Å². The van der Waals surface area contributed by atoms with Crippen molar-refractivity contribution in [3.05, 3.63) is 64.5 Å². The van der Waals surface area contributed by atoms with Crippen molar-refractivity contribution in [3.63, 3.8) is 0 Å². The maximum Gasteiger partial charge on any atom is 0.307 e. The quantitative estimate of drug-likeness (QED) is 0.465. The molecule has 3 aromatic rings. The van der Waals surface area contributed by atoms with Crippen LogP contribution in [0.4, 0.5) is 5.13 Å². The van der Waals surface area contributed by atoms with Crippen LogP contribution in [-0.4, -0.2) is 62.9 Å². The van der Waals surface area contributed by atoms with Crippen LogP contribution >= 0.6 is 11.3 Å². The number of aliphatic carboxylic acids is 1. The van der Waals surface area contributed by atoms with E-state index >= 15 is 0 Å². The van der Waals surface area contributed by atoms with Gasteiger partial charge >= 0.3 is 5.97 Å². The fraction of sp³-hybridized carbons (Fsp3) is 0.429. The molecule has 3 heterocycles. The van der Waals surface area contributed by atoms with Crippen molar-refractivity contribution in [1.82, 2.24) is 9.88 Å². The first-order chi connectivity index (χ1) is 18.0. The fourth-order valence-electron chi connectivity index (χ4n) is 5.65. The molecule has 0 radical (unpaired) electrons. The molecular weight excluding hydrogens is 506 g/mol. The van der Waals surface area contributed by atoms with E-state index in [1.807, 2.05) is 24.3 Å². The van der Waals surface area contributed by atoms with Crippen molar-refractivity contribution < 1.29 is 18.8 Å². The summed E-state index contributed by atoms with van der Waals surface area (Å²) in [6, 6.07) is 14.6. The topological polar surface area (TPSA) is 83.0 Å². The lowest BCUT2D eigenvalue weighted by Gasteiger charge is -2.26. The number of aryl methyl sites for hydroxylation is 1. The molecule has 2 atom stereocenters. The molecule has 2 aliphatic heterocycles. The van der Waals surface area contributed by atoms with Crippen molar-refractivity contribution in [2.45, 2.75) is 20.1 Å². The molecule has 3 fully saturated rings. The van der Waals surface area contributed by atoms with Gasteiger partial charge in [-0.2, -0.15) is 0 Å². The van der Waals surface area contributed by atoms with E-state index in [0.29, 0.717) is 6.61 Å². The summed E-state index contributed by atoms with van der Waals surface area (Å²) in [7, 11) is -0.650. The Morgan fingerprint density at radius 2 is 1.92 bits per heavy atom. The molecule has 1 saturated carbocycles. The Hall–Kier alpha value is -2.75. The maximum atomic E-state index is 11.6. The molecule has 2 unspecified atom stereocenters. The third-order valence-electron chi connectivity index (χ3n) is 7.87. The van der Waals surface area contributed by atoms with Crippen LogP contribution in [0.5, 0.6) is 5.75 Å². The number of ether oxygens (including phenoxy) is 1. The molecule has 1 aliphatic carbocycles. The molecule has 9 heteroatoms. The van der Waals surface area contributed by atoms with Gasteiger partial charge in [0.15, 0.2) is 5.13 Å². The zero-order valence-corrected chi connectivity index (χ0v) is 22.5. The van der Waals surface area contributed by atoms with Gasteiger partial charge in [-0.1, -0.05) is 30.3 Å². The molecule has 1 aromatic heterocycles. The van der Waals surface area contributed by atoms with Crippen LogP contribution in [0.1, 0.15) is 16.7 Å². The number of carboxylic acids is 1. The maximum absolute atomic E-state index is 11.6. The minimum atomic E-state index is -0.661. The van der Waals surface area contributed by atoms with Gasteiger partial charge in [0, 0.05) is 66.0 Å². The van der Waals surface area contributed by atoms with Crippen LogP contribution in [0.15, 0.2) is 47.8 Å². The molecule has 2 aromatic carbocycles. The first kappa shape index (κ1) is 24.6. The third kappa shape index (κ3) is 5.17. The third-order valence-corrected chi connectivity index (χ3v) is 10.0. The van der Waals surface area contributed by atoms with E-state index < -0.39 is 16.8 Å². The van der Waals surface area contributed by atoms with Crippen molar-refractivity contribution in [1.29, 1.82) is 0 Å². The number of piperidine rings is 1. The average molecular weight is 538 g/mol. The van der Waals surface area contributed by atoms with Crippen molar-refractivity contribution >= 4 is 33.2 Å². The van der Waals surface area contributed by atoms with Gasteiger partial charge in [0.1, 0.15) is 12.4 Å². The van der Waals surface area contributed by atoms with Crippen molar-refractivity contribution in [2.75, 3.05) is 42.6 Å². The lowest BCUT2D eigenvalue weighted by atomic mass is 10.1. The lowest BCUT2D eigenvalue weighted by molar-refractivity contribution is -0.139. The summed E-state index contributed by atoms with van der Waals surface area (Å²) in [6.45, 7) is 6.85. The van der Waals surface area contributed by atoms with Crippen LogP contribution in [-0.2, 0) is 28.7 Å². The number of nitrogens with zero attached hydrogens (tertiary/aromatic N) is 3. The number of rotatable bonds is 8. The lowest BCUT2D eigenvalue weighted by Crippen LogP contribution is -2.37. The highest BCUT2D eigenvalue weighted by atomic mass is 32.2. The summed E-state index contributed by atoms with van der Waals surface area (Å²) in [5.41, 5.74) is 5.49. The Balaban J connectivity index is 1.10. The number of carbonyl (C=O) groups is 1. The number of para-hydroxylation sites is 1. The molecule has 7 nitrogen and oxygen atoms in total. The monoisotopic (exact) mass is 537 g/mol. The molecule has 3 aliphatic rings. The van der Waals surface area contributed by atoms with Gasteiger partial charge in [-0.05, 0) is 47.6 Å². The van der Waals surface area contributed by atoms with Crippen molar-refractivity contribution in [3.8, 4) is 17.0 Å². The molecule has 1 N–H and O–H groups in total. The number of thiazole rings is 1. The van der Waals surface area contributed by atoms with Gasteiger partial charge < -0.3 is 14.7 Å². The predicted molar refractivity (Wildman–Crippen MR) is 147 cm³/mol. The molecular formula is C28H31N3O4S2. The van der Waals surface area contributed by atoms with E-state index in [4.69, 9.17) is 9.72 Å². The number of carboxylic acid groups (broad SMARTS) is 1. The van der Waals surface area contributed by atoms with Gasteiger partial charge in [-0.15, -0.1) is 11.3 Å². The fourth-order valence-corrected chi connectivity index (χ4v) is 7.63. The Kier molecular flexibility index (Phi) is 6.77. The number of fused-ring (bicyclic) bond motifs is 1. The summed E-state index contributed by atoms with van der Waals surface area (Å²) in [5, 5.41) is 12.3. The van der Waals surface area contributed by atoms with E-state index in [2.05, 4.69) is 40.3 Å². The minimum absolute atomic E-state index is 0.168. The number of anilines is 1. The number of hydrogen-bond donors (Lipinski definition) is 1. The Morgan fingerprint density at radius 1 is 1.16 bits per heavy atom. The zero-order valence-electron chi connectivity index (χ0n) is 20.8. The Bertz CT molecular complexity index is 1320. The zero-order chi connectivity index (χ0) is 25.5. The van der Waals surface area contributed by atoms with E-state index in [1.54, 1.807) is 11.3 Å². The van der Waals surface area contributed by atoms with Crippen LogP contribution < -0.4 is 9.64 Å². The highest BCUT2D eigenvalue weighted by molar-refractivity contribution is 7.85. The van der Waals surface area contributed by atoms with Gasteiger partial charge in [0.05, 0.1) is 11.6 Å². The second-order valence-corrected chi connectivity index (χ2v) is 12.8. The standard InChI is InChI=1S/C28H31N3O4S2/c1-18-12-19(13-30-8-10-37(34)11-9-30)6-7-20(18)16-35-25-5-3-2-4-21(25)24-17-36-28(29-24)31-14-22-23(15-31)26(22)27(32)33/h2-7,12,17,22-23,26H,8-11,13-16H2,1H3,(H,32,33). The summed E-state index contributed by atoms with van der Waals surface area (Å²) >= 11 is 1.61. The molecule has 0 amide bonds. The van der Waals surface area contributed by atoms with Gasteiger partial charge in [-0.3, -0.25) is 13.9 Å². The largest absolute Gasteiger partial charge is 0.488 e. The predicted octanol–water partition coefficient (Wildman–Crippen LogP) is 4.03. The number of benzene rings is 2. The normalized spacial score (nSPS) is 23.7. The van der Waals surface area contributed by atoms with Crippen molar-refractivity contribution in [2.24, 2.45) is 17.8 Å². The van der Waals surface area contributed by atoms with Gasteiger partial charge in [-0.25, -0.2) is 4.98 Å². The average Bonchev–Trinajstić information content (AvgIpc) is 3.22. The Morgan fingerprint density at radius 3 is 2.65 bits per heavy atom. The van der Waals surface area contributed by atoms with E-state index in [9.17, 15) is 14.1 Å². The SMILES string of the molecule is Cc1cc(CN2CCS(=O)CC2)ccc1COc1ccccc1-c1csc(N2CC3C(C2)C3C(=O)O)n1.